The molecule has 0 fully saturated rings. The van der Waals surface area contributed by atoms with Crippen molar-refractivity contribution in [2.24, 2.45) is 0 Å². The number of hydrogen-bond acceptors (Lipinski definition) is 5. The first-order valence-electron chi connectivity index (χ1n) is 27.1. The van der Waals surface area contributed by atoms with Gasteiger partial charge in [0, 0.05) is 76.8 Å². The fraction of sp³-hybridized carbons (Fsp3) is 0.0548. The third-order valence-electron chi connectivity index (χ3n) is 15.9. The number of rotatable bonds is 9. The molecular formula is C73H51N5O2. The lowest BCUT2D eigenvalue weighted by molar-refractivity contribution is 0.591. The molecular weight excluding hydrogens is 979 g/mol. The van der Waals surface area contributed by atoms with E-state index in [2.05, 4.69) is 213 Å². The van der Waals surface area contributed by atoms with Crippen LogP contribution in [-0.2, 0) is 5.41 Å². The lowest BCUT2D eigenvalue weighted by Gasteiger charge is -2.22. The molecule has 7 nitrogen and oxygen atoms in total. The van der Waals surface area contributed by atoms with Gasteiger partial charge in [-0.1, -0.05) is 180 Å². The Bertz CT molecular complexity index is 4830. The summed E-state index contributed by atoms with van der Waals surface area (Å²) in [4.78, 5) is 16.2. The summed E-state index contributed by atoms with van der Waals surface area (Å²) in [6, 6.07) is 77.0. The number of aromatic nitrogens is 5. The Labute approximate surface area is 461 Å². The molecule has 380 valence electrons. The van der Waals surface area contributed by atoms with Crippen molar-refractivity contribution in [1.29, 1.82) is 0 Å². The molecule has 15 rings (SSSR count). The highest BCUT2D eigenvalue weighted by Crippen LogP contribution is 2.46. The van der Waals surface area contributed by atoms with Crippen molar-refractivity contribution in [3.05, 3.63) is 248 Å². The molecule has 0 aliphatic rings. The van der Waals surface area contributed by atoms with E-state index in [-0.39, 0.29) is 5.41 Å². The van der Waals surface area contributed by atoms with Crippen LogP contribution < -0.4 is 0 Å². The van der Waals surface area contributed by atoms with Crippen molar-refractivity contribution >= 4 is 88.7 Å². The maximum atomic E-state index is 6.46. The van der Waals surface area contributed by atoms with Gasteiger partial charge >= 0.3 is 0 Å². The predicted molar refractivity (Wildman–Crippen MR) is 332 cm³/mol. The minimum absolute atomic E-state index is 0.0868. The van der Waals surface area contributed by atoms with Crippen molar-refractivity contribution in [3.63, 3.8) is 0 Å². The Hall–Kier alpha value is -10.4. The standard InChI is InChI=1S/C73H51N5O2/c1-6-51-52-24-14-17-27-62(52)77(61(51)7-2)50-33-36-53-60-42-49(73(3,4)5)32-37-63(60)78(64(53)43-50)69-58(44-20-10-8-11-21-44)38-48(39-59(69)45-22-12-9-13-23-45)72-75-70(46-30-34-56-54-25-15-18-28-65(54)79-67(56)40-46)74-71(76-72)47-31-35-57-55-26-16-19-29-66(55)80-68(57)41-47/h6-43H,1-2H2,3-5H3. The van der Waals surface area contributed by atoms with Crippen LogP contribution in [0.25, 0.3) is 157 Å². The fourth-order valence-corrected chi connectivity index (χ4v) is 12.0. The van der Waals surface area contributed by atoms with Crippen LogP contribution in [0.5, 0.6) is 0 Å². The number of furan rings is 2. The van der Waals surface area contributed by atoms with E-state index in [0.717, 1.165) is 133 Å². The van der Waals surface area contributed by atoms with E-state index in [1.807, 2.05) is 60.7 Å². The van der Waals surface area contributed by atoms with Crippen LogP contribution in [0, 0.1) is 0 Å². The molecule has 0 radical (unpaired) electrons. The third-order valence-corrected chi connectivity index (χ3v) is 15.9. The Kier molecular flexibility index (Phi) is 10.6. The summed E-state index contributed by atoms with van der Waals surface area (Å²) >= 11 is 0. The quantitative estimate of drug-likeness (QED) is 0.144. The van der Waals surface area contributed by atoms with Crippen LogP contribution in [0.3, 0.4) is 0 Å². The van der Waals surface area contributed by atoms with Crippen molar-refractivity contribution in [2.45, 2.75) is 26.2 Å². The summed E-state index contributed by atoms with van der Waals surface area (Å²) in [5.41, 5.74) is 18.2. The van der Waals surface area contributed by atoms with Gasteiger partial charge in [-0.3, -0.25) is 0 Å². The van der Waals surface area contributed by atoms with Gasteiger partial charge in [-0.25, -0.2) is 15.0 Å². The monoisotopic (exact) mass is 1030 g/mol. The van der Waals surface area contributed by atoms with E-state index in [4.69, 9.17) is 23.8 Å². The Balaban J connectivity index is 1.03. The molecule has 5 aromatic heterocycles. The molecule has 0 N–H and O–H groups in total. The highest BCUT2D eigenvalue weighted by Gasteiger charge is 2.26. The normalized spacial score (nSPS) is 12.0. The van der Waals surface area contributed by atoms with E-state index in [1.54, 1.807) is 0 Å². The number of fused-ring (bicyclic) bond motifs is 10. The zero-order chi connectivity index (χ0) is 53.8. The van der Waals surface area contributed by atoms with Crippen molar-refractivity contribution in [1.82, 2.24) is 24.1 Å². The van der Waals surface area contributed by atoms with Gasteiger partial charge in [0.05, 0.1) is 27.9 Å². The summed E-state index contributed by atoms with van der Waals surface area (Å²) in [7, 11) is 0. The van der Waals surface area contributed by atoms with Crippen LogP contribution in [0.4, 0.5) is 0 Å². The molecule has 5 heterocycles. The summed E-state index contributed by atoms with van der Waals surface area (Å²) in [6.07, 6.45) is 3.88. The van der Waals surface area contributed by atoms with Crippen LogP contribution in [0.15, 0.2) is 240 Å². The van der Waals surface area contributed by atoms with Crippen molar-refractivity contribution in [2.75, 3.05) is 0 Å². The molecule has 0 aliphatic carbocycles. The van der Waals surface area contributed by atoms with Crippen LogP contribution in [0.1, 0.15) is 37.6 Å². The average Bonchev–Trinajstić information content (AvgIpc) is 4.39. The van der Waals surface area contributed by atoms with Crippen molar-refractivity contribution < 1.29 is 8.83 Å². The second-order valence-electron chi connectivity index (χ2n) is 21.7. The highest BCUT2D eigenvalue weighted by molar-refractivity contribution is 6.12. The van der Waals surface area contributed by atoms with Crippen molar-refractivity contribution in [3.8, 4) is 67.8 Å². The van der Waals surface area contributed by atoms with E-state index < -0.39 is 0 Å². The molecule has 10 aromatic carbocycles. The largest absolute Gasteiger partial charge is 0.456 e. The zero-order valence-electron chi connectivity index (χ0n) is 44.4. The Morgan fingerprint density at radius 3 is 1.44 bits per heavy atom. The minimum Gasteiger partial charge on any atom is -0.456 e. The number of hydrogen-bond donors (Lipinski definition) is 0. The lowest BCUT2D eigenvalue weighted by Crippen LogP contribution is -2.10. The first kappa shape index (κ1) is 46.9. The smallest absolute Gasteiger partial charge is 0.164 e. The topological polar surface area (TPSA) is 74.8 Å². The van der Waals surface area contributed by atoms with Gasteiger partial charge in [0.2, 0.25) is 0 Å². The molecule has 0 bridgehead atoms. The molecule has 7 heteroatoms. The lowest BCUT2D eigenvalue weighted by atomic mass is 9.86. The molecule has 0 saturated carbocycles. The predicted octanol–water partition coefficient (Wildman–Crippen LogP) is 19.6. The molecule has 0 aliphatic heterocycles. The van der Waals surface area contributed by atoms with Crippen LogP contribution in [0.2, 0.25) is 0 Å². The summed E-state index contributed by atoms with van der Waals surface area (Å²) < 4.78 is 17.7. The number of nitrogens with zero attached hydrogens (tertiary/aromatic N) is 5. The van der Waals surface area contributed by atoms with E-state index in [1.165, 1.54) is 10.9 Å². The molecule has 0 saturated heterocycles. The summed E-state index contributed by atoms with van der Waals surface area (Å²) in [5, 5.41) is 7.61. The van der Waals surface area contributed by atoms with Gasteiger partial charge < -0.3 is 18.0 Å². The molecule has 15 aromatic rings. The van der Waals surface area contributed by atoms with Crippen LogP contribution in [-0.4, -0.2) is 24.1 Å². The van der Waals surface area contributed by atoms with Gasteiger partial charge in [0.1, 0.15) is 22.3 Å². The number of para-hydroxylation sites is 3. The molecule has 0 amide bonds. The molecule has 0 spiro atoms. The van der Waals surface area contributed by atoms with Gasteiger partial charge in [-0.2, -0.15) is 0 Å². The minimum atomic E-state index is -0.0868. The van der Waals surface area contributed by atoms with Gasteiger partial charge in [0.25, 0.3) is 0 Å². The maximum absolute atomic E-state index is 6.46. The molecule has 0 atom stereocenters. The second kappa shape index (κ2) is 18.1. The van der Waals surface area contributed by atoms with Crippen LogP contribution >= 0.6 is 0 Å². The first-order chi connectivity index (χ1) is 39.2. The Morgan fingerprint density at radius 1 is 0.375 bits per heavy atom. The van der Waals surface area contributed by atoms with E-state index in [9.17, 15) is 0 Å². The Morgan fingerprint density at radius 2 is 0.875 bits per heavy atom. The second-order valence-corrected chi connectivity index (χ2v) is 21.7. The maximum Gasteiger partial charge on any atom is 0.164 e. The SMILES string of the molecule is C=Cc1c(C=C)n(-c2ccc3c4cc(C(C)(C)C)ccc4n(-c4c(-c5ccccc5)cc(-c5nc(-c6ccc7c(c6)oc6ccccc67)nc(-c6ccc7c(c6)oc6ccccc67)n5)cc4-c4ccccc4)c3c2)c2ccccc12. The third kappa shape index (κ3) is 7.46. The first-order valence-corrected chi connectivity index (χ1v) is 27.1. The average molecular weight is 1030 g/mol. The fourth-order valence-electron chi connectivity index (χ4n) is 12.0. The zero-order valence-corrected chi connectivity index (χ0v) is 44.4. The summed E-state index contributed by atoms with van der Waals surface area (Å²) in [5.74, 6) is 1.56. The highest BCUT2D eigenvalue weighted by atomic mass is 16.3. The van der Waals surface area contributed by atoms with E-state index >= 15 is 0 Å². The van der Waals surface area contributed by atoms with Gasteiger partial charge in [-0.15, -0.1) is 0 Å². The van der Waals surface area contributed by atoms with E-state index in [0.29, 0.717) is 17.5 Å². The van der Waals surface area contributed by atoms with Gasteiger partial charge in [0.15, 0.2) is 17.5 Å². The van der Waals surface area contributed by atoms with Gasteiger partial charge in [-0.05, 0) is 107 Å². The number of benzene rings is 10. The molecule has 80 heavy (non-hydrogen) atoms. The summed E-state index contributed by atoms with van der Waals surface area (Å²) in [6.45, 7) is 15.4. The molecule has 0 unspecified atom stereocenters.